The minimum absolute atomic E-state index is 0.00260. The fourth-order valence-electron chi connectivity index (χ4n) is 8.12. The van der Waals surface area contributed by atoms with Crippen LogP contribution in [0, 0.1) is 0 Å². The highest BCUT2D eigenvalue weighted by Crippen LogP contribution is 2.30. The number of carbonyl (C=O) groups excluding carboxylic acids is 2. The van der Waals surface area contributed by atoms with Crippen LogP contribution in [-0.2, 0) is 50.1 Å². The van der Waals surface area contributed by atoms with Crippen molar-refractivity contribution in [2.75, 3.05) is 82.0 Å². The number of para-hydroxylation sites is 2. The molecular formula is C50H62N14O16S4. The van der Waals surface area contributed by atoms with E-state index in [2.05, 4.69) is 61.8 Å². The topological polar surface area (TPSA) is 448 Å². The van der Waals surface area contributed by atoms with E-state index in [4.69, 9.17) is 0 Å². The van der Waals surface area contributed by atoms with Gasteiger partial charge in [-0.3, -0.25) is 27.8 Å². The Hall–Kier alpha value is -8.06. The van der Waals surface area contributed by atoms with Crippen molar-refractivity contribution < 1.29 is 71.7 Å². The smallest absolute Gasteiger partial charge is 0.295 e. The predicted octanol–water partition coefficient (Wildman–Crippen LogP) is 3.64. The van der Waals surface area contributed by atoms with Gasteiger partial charge in [0.05, 0.1) is 35.8 Å². The third-order valence-corrected chi connectivity index (χ3v) is 15.4. The number of benzene rings is 4. The number of nitrogens with one attached hydrogen (secondary N) is 6. The van der Waals surface area contributed by atoms with Crippen LogP contribution in [0.15, 0.2) is 107 Å². The molecule has 2 heterocycles. The maximum absolute atomic E-state index is 13.0. The molecule has 0 radical (unpaired) electrons. The molecule has 0 spiro atoms. The van der Waals surface area contributed by atoms with E-state index < -0.39 is 97.9 Å². The molecular weight excluding hydrogens is 1180 g/mol. The summed E-state index contributed by atoms with van der Waals surface area (Å²) in [6.45, 7) is 4.28. The Balaban J connectivity index is 1.29. The van der Waals surface area contributed by atoms with Crippen molar-refractivity contribution in [1.82, 2.24) is 40.5 Å². The van der Waals surface area contributed by atoms with Crippen LogP contribution in [0.3, 0.4) is 0 Å². The fourth-order valence-corrected chi connectivity index (χ4v) is 11.5. The molecule has 0 fully saturated rings. The SMILES string of the molecule is CC(C)(CS(=O)(=O)O)NC(=O)CCN(CCO)c1nc(Nc2ccccc2)nc(Nc2ccc(/C=C/c3ccc(Nc4nc(Nc5ccccc5)nc(N(CCO)CCC(=O)NC(C)(C)CS(=O)(=O)O)n4)cc3S(=O)(=O)O)c(S(=O)(=O)O)c2)n1. The third kappa shape index (κ3) is 21.0. The minimum atomic E-state index is -5.05. The van der Waals surface area contributed by atoms with Crippen molar-refractivity contribution in [3.05, 3.63) is 108 Å². The number of amides is 2. The molecule has 6 aromatic rings. The molecule has 0 bridgehead atoms. The highest BCUT2D eigenvalue weighted by atomic mass is 32.2. The van der Waals surface area contributed by atoms with Crippen LogP contribution < -0.4 is 41.7 Å². The van der Waals surface area contributed by atoms with Gasteiger partial charge in [-0.2, -0.15) is 63.6 Å². The summed E-state index contributed by atoms with van der Waals surface area (Å²) < 4.78 is 138. The Labute approximate surface area is 484 Å². The maximum atomic E-state index is 13.0. The van der Waals surface area contributed by atoms with E-state index in [9.17, 15) is 71.7 Å². The van der Waals surface area contributed by atoms with Gasteiger partial charge in [0.1, 0.15) is 9.79 Å². The molecule has 452 valence electrons. The molecule has 2 aromatic heterocycles. The Morgan fingerprint density at radius 1 is 0.464 bits per heavy atom. The molecule has 84 heavy (non-hydrogen) atoms. The summed E-state index contributed by atoms with van der Waals surface area (Å²) >= 11 is 0. The first-order valence-electron chi connectivity index (χ1n) is 25.1. The second-order valence-corrected chi connectivity index (χ2v) is 25.5. The number of aromatic nitrogens is 6. The van der Waals surface area contributed by atoms with Gasteiger partial charge in [-0.1, -0.05) is 60.7 Å². The number of aliphatic hydroxyl groups excluding tert-OH is 2. The van der Waals surface area contributed by atoms with E-state index in [0.717, 1.165) is 24.3 Å². The minimum Gasteiger partial charge on any atom is -0.395 e. The molecule has 0 saturated heterocycles. The lowest BCUT2D eigenvalue weighted by Crippen LogP contribution is -2.49. The molecule has 12 N–H and O–H groups in total. The van der Waals surface area contributed by atoms with Gasteiger partial charge < -0.3 is 51.9 Å². The van der Waals surface area contributed by atoms with Crippen molar-refractivity contribution in [3.8, 4) is 0 Å². The lowest BCUT2D eigenvalue weighted by atomic mass is 10.1. The summed E-state index contributed by atoms with van der Waals surface area (Å²) in [6, 6.07) is 24.6. The molecule has 0 unspecified atom stereocenters. The Morgan fingerprint density at radius 3 is 1.08 bits per heavy atom. The molecule has 6 rings (SSSR count). The van der Waals surface area contributed by atoms with Gasteiger partial charge >= 0.3 is 0 Å². The van der Waals surface area contributed by atoms with Crippen molar-refractivity contribution in [2.45, 2.75) is 61.4 Å². The quantitative estimate of drug-likeness (QED) is 0.0226. The lowest BCUT2D eigenvalue weighted by Gasteiger charge is -2.26. The average molecular weight is 1240 g/mol. The standard InChI is InChI=1S/C50H62N14O16S4/c1-49(2,31-81(69,70)71)61-41(67)21-23-63(25-27-65)47-57-43(51-35-11-7-5-8-12-35)55-45(59-47)53-37-19-17-33(39(29-37)83(75,76)77)15-16-34-18-20-38(30-40(34)84(78,79)80)54-46-56-44(52-36-13-9-6-10-14-36)58-48(60-46)64(26-28-66)24-22-42(68)62-50(3,4)32-82(72,73)74/h5-20,29-30,65-66H,21-28,31-32H2,1-4H3,(H,61,67)(H,62,68)(H,69,70,71)(H,72,73,74)(H,75,76,77)(H,78,79,80)(H2,51,53,55,57,59)(H2,52,54,56,58,60)/b16-15+. The monoisotopic (exact) mass is 1240 g/mol. The summed E-state index contributed by atoms with van der Waals surface area (Å²) in [6.07, 6.45) is 1.80. The van der Waals surface area contributed by atoms with Crippen molar-refractivity contribution in [2.24, 2.45) is 0 Å². The van der Waals surface area contributed by atoms with Crippen molar-refractivity contribution in [3.63, 3.8) is 0 Å². The number of carbonyl (C=O) groups is 2. The van der Waals surface area contributed by atoms with Crippen LogP contribution in [0.5, 0.6) is 0 Å². The molecule has 0 atom stereocenters. The van der Waals surface area contributed by atoms with Gasteiger partial charge in [0.15, 0.2) is 0 Å². The molecule has 0 aliphatic carbocycles. The molecule has 0 saturated carbocycles. The molecule has 2 amide bonds. The number of nitrogens with zero attached hydrogens (tertiary/aromatic N) is 8. The highest BCUT2D eigenvalue weighted by Gasteiger charge is 2.29. The van der Waals surface area contributed by atoms with E-state index >= 15 is 0 Å². The van der Waals surface area contributed by atoms with Gasteiger partial charge in [0, 0.05) is 61.8 Å². The first-order chi connectivity index (χ1) is 39.2. The molecule has 0 aliphatic heterocycles. The first kappa shape index (κ1) is 65.1. The number of hydrogen-bond donors (Lipinski definition) is 12. The van der Waals surface area contributed by atoms with Crippen LogP contribution >= 0.6 is 0 Å². The van der Waals surface area contributed by atoms with Gasteiger partial charge in [0.2, 0.25) is 47.5 Å². The van der Waals surface area contributed by atoms with Crippen LogP contribution in [0.4, 0.5) is 58.4 Å². The zero-order chi connectivity index (χ0) is 61.7. The summed E-state index contributed by atoms with van der Waals surface area (Å²) in [5, 5.41) is 36.9. The van der Waals surface area contributed by atoms with E-state index in [1.807, 2.05) is 0 Å². The number of hydrogen-bond acceptors (Lipinski definition) is 24. The van der Waals surface area contributed by atoms with Crippen LogP contribution in [0.1, 0.15) is 51.7 Å². The van der Waals surface area contributed by atoms with E-state index in [1.54, 1.807) is 60.7 Å². The normalized spacial score (nSPS) is 12.4. The van der Waals surface area contributed by atoms with Gasteiger partial charge in [-0.25, -0.2) is 0 Å². The number of rotatable bonds is 30. The number of aliphatic hydroxyl groups is 2. The Morgan fingerprint density at radius 2 is 0.786 bits per heavy atom. The van der Waals surface area contributed by atoms with Crippen LogP contribution in [-0.4, -0.2) is 166 Å². The van der Waals surface area contributed by atoms with Crippen molar-refractivity contribution >= 4 is 123 Å². The Bertz CT molecular complexity index is 3570. The average Bonchev–Trinajstić information content (AvgIpc) is 3.33. The van der Waals surface area contributed by atoms with Gasteiger partial charge in [-0.15, -0.1) is 0 Å². The second-order valence-electron chi connectivity index (χ2n) is 19.8. The van der Waals surface area contributed by atoms with Crippen LogP contribution in [0.25, 0.3) is 12.2 Å². The largest absolute Gasteiger partial charge is 0.395 e. The van der Waals surface area contributed by atoms with E-state index in [0.29, 0.717) is 11.4 Å². The molecule has 34 heteroatoms. The summed E-state index contributed by atoms with van der Waals surface area (Å²) in [7, 11) is -19.0. The molecule has 30 nitrogen and oxygen atoms in total. The zero-order valence-corrected chi connectivity index (χ0v) is 48.7. The summed E-state index contributed by atoms with van der Waals surface area (Å²) in [5.74, 6) is -3.39. The maximum Gasteiger partial charge on any atom is 0.295 e. The van der Waals surface area contributed by atoms with E-state index in [-0.39, 0.29) is 97.2 Å². The molecule has 4 aromatic carbocycles. The second kappa shape index (κ2) is 27.6. The summed E-state index contributed by atoms with van der Waals surface area (Å²) in [4.78, 5) is 54.1. The van der Waals surface area contributed by atoms with Crippen molar-refractivity contribution in [1.29, 1.82) is 0 Å². The predicted molar refractivity (Wildman–Crippen MR) is 312 cm³/mol. The van der Waals surface area contributed by atoms with Crippen LogP contribution in [0.2, 0.25) is 0 Å². The third-order valence-electron chi connectivity index (χ3n) is 11.4. The highest BCUT2D eigenvalue weighted by molar-refractivity contribution is 7.86. The summed E-state index contributed by atoms with van der Waals surface area (Å²) in [5.41, 5.74) is -1.95. The van der Waals surface area contributed by atoms with Gasteiger partial charge in [0.25, 0.3) is 40.5 Å². The molecule has 0 aliphatic rings. The Kier molecular flexibility index (Phi) is 21.4. The fraction of sp³-hybridized carbons (Fsp3) is 0.320. The number of anilines is 10. The van der Waals surface area contributed by atoms with Gasteiger partial charge in [-0.05, 0) is 87.4 Å². The lowest BCUT2D eigenvalue weighted by molar-refractivity contribution is -0.123. The zero-order valence-electron chi connectivity index (χ0n) is 45.4. The first-order valence-corrected chi connectivity index (χ1v) is 31.2. The van der Waals surface area contributed by atoms with E-state index in [1.165, 1.54) is 61.8 Å².